The molecule has 0 saturated carbocycles. The largest absolute Gasteiger partial charge is 0.627 e. The lowest BCUT2D eigenvalue weighted by Gasteiger charge is -2.28. The van der Waals surface area contributed by atoms with Gasteiger partial charge in [0.1, 0.15) is 6.04 Å². The van der Waals surface area contributed by atoms with Gasteiger partial charge in [0.2, 0.25) is 5.82 Å². The molecule has 2 atom stereocenters. The monoisotopic (exact) mass is 292 g/mol. The van der Waals surface area contributed by atoms with Gasteiger partial charge in [0, 0.05) is 17.1 Å². The molecule has 0 aliphatic rings. The third-order valence-electron chi connectivity index (χ3n) is 2.27. The molecule has 2 unspecified atom stereocenters. The standard InChI is InChI=1S/C10H14BrFN2O2/c1-2-3-8(6-15)14(16)10-9(12)4-7(11)5-13-10/h4-5,8,14-15H,2-3,6H2,1H3. The van der Waals surface area contributed by atoms with Crippen LogP contribution in [0.4, 0.5) is 10.2 Å². The Balaban J connectivity index is 2.89. The van der Waals surface area contributed by atoms with Crippen molar-refractivity contribution in [2.24, 2.45) is 0 Å². The zero-order valence-electron chi connectivity index (χ0n) is 8.91. The first-order valence-electron chi connectivity index (χ1n) is 5.06. The maximum absolute atomic E-state index is 13.4. The minimum absolute atomic E-state index is 0.198. The number of hydrogen-bond acceptors (Lipinski definition) is 3. The van der Waals surface area contributed by atoms with Gasteiger partial charge in [0.15, 0.2) is 0 Å². The summed E-state index contributed by atoms with van der Waals surface area (Å²) >= 11 is 3.07. The number of hydrogen-bond donors (Lipinski definition) is 2. The van der Waals surface area contributed by atoms with E-state index in [4.69, 9.17) is 5.11 Å². The molecule has 0 radical (unpaired) electrons. The zero-order chi connectivity index (χ0) is 12.1. The predicted octanol–water partition coefficient (Wildman–Crippen LogP) is 1.16. The van der Waals surface area contributed by atoms with Crippen LogP contribution in [0.5, 0.6) is 0 Å². The van der Waals surface area contributed by atoms with Crippen molar-refractivity contribution in [3.05, 3.63) is 27.8 Å². The minimum atomic E-state index is -0.658. The molecule has 0 amide bonds. The van der Waals surface area contributed by atoms with Crippen molar-refractivity contribution in [2.45, 2.75) is 25.8 Å². The first kappa shape index (κ1) is 13.5. The molecule has 4 nitrogen and oxygen atoms in total. The van der Waals surface area contributed by atoms with E-state index in [1.54, 1.807) is 0 Å². The molecule has 0 fully saturated rings. The summed E-state index contributed by atoms with van der Waals surface area (Å²) in [4.78, 5) is 3.75. The van der Waals surface area contributed by atoms with Crippen LogP contribution in [-0.2, 0) is 0 Å². The Hall–Kier alpha value is -0.560. The van der Waals surface area contributed by atoms with E-state index in [-0.39, 0.29) is 12.4 Å². The Morgan fingerprint density at radius 3 is 2.88 bits per heavy atom. The Morgan fingerprint density at radius 2 is 2.38 bits per heavy atom. The number of aliphatic hydroxyl groups is 1. The molecule has 2 N–H and O–H groups in total. The Bertz CT molecular complexity index is 352. The maximum atomic E-state index is 13.4. The SMILES string of the molecule is CCCC(CO)[NH+]([O-])c1ncc(Br)cc1F. The molecule has 16 heavy (non-hydrogen) atoms. The molecule has 90 valence electrons. The van der Waals surface area contributed by atoms with Crippen molar-refractivity contribution in [3.8, 4) is 0 Å². The van der Waals surface area contributed by atoms with Gasteiger partial charge >= 0.3 is 0 Å². The van der Waals surface area contributed by atoms with Gasteiger partial charge in [0.05, 0.1) is 6.61 Å². The summed E-state index contributed by atoms with van der Waals surface area (Å²) in [5.74, 6) is -0.857. The lowest BCUT2D eigenvalue weighted by molar-refractivity contribution is -0.812. The number of hydroxylamine groups is 1. The van der Waals surface area contributed by atoms with Crippen LogP contribution in [0, 0.1) is 11.0 Å². The number of nitrogens with zero attached hydrogens (tertiary/aromatic N) is 1. The summed E-state index contributed by atoms with van der Waals surface area (Å²) < 4.78 is 13.9. The molecular weight excluding hydrogens is 279 g/mol. The molecule has 1 aromatic rings. The summed E-state index contributed by atoms with van der Waals surface area (Å²) in [6.07, 6.45) is 2.67. The summed E-state index contributed by atoms with van der Waals surface area (Å²) in [5, 5.41) is 20.4. The van der Waals surface area contributed by atoms with Crippen LogP contribution < -0.4 is 5.06 Å². The molecule has 6 heteroatoms. The molecular formula is C10H14BrFN2O2. The fourth-order valence-corrected chi connectivity index (χ4v) is 1.75. The molecule has 1 rings (SSSR count). The molecule has 1 heterocycles. The second-order valence-electron chi connectivity index (χ2n) is 3.52. The minimum Gasteiger partial charge on any atom is -0.627 e. The normalized spacial score (nSPS) is 14.8. The second kappa shape index (κ2) is 6.24. The fraction of sp³-hybridized carbons (Fsp3) is 0.500. The van der Waals surface area contributed by atoms with E-state index in [1.807, 2.05) is 6.92 Å². The number of quaternary nitrogens is 1. The molecule has 0 aliphatic carbocycles. The van der Waals surface area contributed by atoms with Crippen molar-refractivity contribution in [3.63, 3.8) is 0 Å². The Labute approximate surface area is 102 Å². The number of aromatic nitrogens is 1. The van der Waals surface area contributed by atoms with E-state index < -0.39 is 16.9 Å². The van der Waals surface area contributed by atoms with E-state index in [1.165, 1.54) is 12.3 Å². The van der Waals surface area contributed by atoms with Gasteiger partial charge in [-0.05, 0) is 22.0 Å². The molecule has 1 aromatic heterocycles. The van der Waals surface area contributed by atoms with Gasteiger partial charge < -0.3 is 15.4 Å². The molecule has 0 bridgehead atoms. The Morgan fingerprint density at radius 1 is 1.69 bits per heavy atom. The van der Waals surface area contributed by atoms with Crippen LogP contribution >= 0.6 is 15.9 Å². The summed E-state index contributed by atoms with van der Waals surface area (Å²) in [6, 6.07) is 0.633. The zero-order valence-corrected chi connectivity index (χ0v) is 10.5. The lowest BCUT2D eigenvalue weighted by atomic mass is 10.2. The molecule has 0 spiro atoms. The molecule has 0 aliphatic heterocycles. The second-order valence-corrected chi connectivity index (χ2v) is 4.43. The van der Waals surface area contributed by atoms with Gasteiger partial charge in [-0.2, -0.15) is 4.39 Å². The Kier molecular flexibility index (Phi) is 5.27. The highest BCUT2D eigenvalue weighted by Crippen LogP contribution is 2.13. The first-order chi connectivity index (χ1) is 7.60. The number of nitrogens with one attached hydrogen (secondary N) is 1. The van der Waals surface area contributed by atoms with Crippen LogP contribution in [0.15, 0.2) is 16.7 Å². The van der Waals surface area contributed by atoms with Gasteiger partial charge in [-0.25, -0.2) is 4.98 Å². The van der Waals surface area contributed by atoms with E-state index in [0.29, 0.717) is 10.9 Å². The average molecular weight is 293 g/mol. The third-order valence-corrected chi connectivity index (χ3v) is 2.70. The number of aliphatic hydroxyl groups excluding tert-OH is 1. The van der Waals surface area contributed by atoms with Crippen LogP contribution in [-0.4, -0.2) is 22.7 Å². The van der Waals surface area contributed by atoms with E-state index >= 15 is 0 Å². The van der Waals surface area contributed by atoms with Gasteiger partial charge in [0.25, 0.3) is 5.82 Å². The summed E-state index contributed by atoms with van der Waals surface area (Å²) in [6.45, 7) is 1.63. The van der Waals surface area contributed by atoms with Crippen LogP contribution in [0.25, 0.3) is 0 Å². The molecule has 0 saturated heterocycles. The highest BCUT2D eigenvalue weighted by molar-refractivity contribution is 9.10. The summed E-state index contributed by atoms with van der Waals surface area (Å²) in [7, 11) is 0. The number of rotatable bonds is 5. The van der Waals surface area contributed by atoms with E-state index in [9.17, 15) is 9.60 Å². The smallest absolute Gasteiger partial charge is 0.262 e. The van der Waals surface area contributed by atoms with E-state index in [2.05, 4.69) is 20.9 Å². The van der Waals surface area contributed by atoms with Crippen molar-refractivity contribution in [1.29, 1.82) is 0 Å². The van der Waals surface area contributed by atoms with Crippen molar-refractivity contribution in [1.82, 2.24) is 4.98 Å². The molecule has 0 aromatic carbocycles. The lowest BCUT2D eigenvalue weighted by Crippen LogP contribution is -3.07. The van der Waals surface area contributed by atoms with Crippen molar-refractivity contribution < 1.29 is 14.6 Å². The summed E-state index contributed by atoms with van der Waals surface area (Å²) in [5.41, 5.74) is 0. The third kappa shape index (κ3) is 3.21. The highest BCUT2D eigenvalue weighted by atomic mass is 79.9. The maximum Gasteiger partial charge on any atom is 0.262 e. The van der Waals surface area contributed by atoms with Crippen molar-refractivity contribution >= 4 is 21.7 Å². The van der Waals surface area contributed by atoms with Crippen molar-refractivity contribution in [2.75, 3.05) is 6.61 Å². The average Bonchev–Trinajstić information content (AvgIpc) is 2.25. The number of halogens is 2. The quantitative estimate of drug-likeness (QED) is 0.801. The number of pyridine rings is 1. The topological polar surface area (TPSA) is 60.6 Å². The van der Waals surface area contributed by atoms with Gasteiger partial charge in [-0.1, -0.05) is 13.3 Å². The van der Waals surface area contributed by atoms with E-state index in [0.717, 1.165) is 6.42 Å². The highest BCUT2D eigenvalue weighted by Gasteiger charge is 2.20. The first-order valence-corrected chi connectivity index (χ1v) is 5.85. The predicted molar refractivity (Wildman–Crippen MR) is 61.7 cm³/mol. The fourth-order valence-electron chi connectivity index (χ4n) is 1.44. The van der Waals surface area contributed by atoms with Gasteiger partial charge in [-0.3, -0.25) is 0 Å². The van der Waals surface area contributed by atoms with Gasteiger partial charge in [-0.15, -0.1) is 0 Å². The van der Waals surface area contributed by atoms with Crippen LogP contribution in [0.2, 0.25) is 0 Å². The van der Waals surface area contributed by atoms with Crippen LogP contribution in [0.1, 0.15) is 19.8 Å². The van der Waals surface area contributed by atoms with Crippen LogP contribution in [0.3, 0.4) is 0 Å².